The summed E-state index contributed by atoms with van der Waals surface area (Å²) >= 11 is 0. The maximum Gasteiger partial charge on any atom is 0.442 e. The van der Waals surface area contributed by atoms with Crippen molar-refractivity contribution in [3.63, 3.8) is 0 Å². The van der Waals surface area contributed by atoms with Crippen molar-refractivity contribution in [1.82, 2.24) is 0 Å². The second-order valence-electron chi connectivity index (χ2n) is 1.95. The van der Waals surface area contributed by atoms with Crippen LogP contribution in [0.3, 0.4) is 0 Å². The van der Waals surface area contributed by atoms with Gasteiger partial charge in [-0.2, -0.15) is 31.1 Å². The summed E-state index contributed by atoms with van der Waals surface area (Å²) in [4.78, 5) is 1.40. The monoisotopic (exact) mass is 210 g/mol. The van der Waals surface area contributed by atoms with Crippen molar-refractivity contribution in [2.45, 2.75) is 18.0 Å². The van der Waals surface area contributed by atoms with Gasteiger partial charge < -0.3 is 5.53 Å². The molecule has 0 N–H and O–H groups in total. The van der Waals surface area contributed by atoms with Crippen LogP contribution in [0.15, 0.2) is 0 Å². The third-order valence-electron chi connectivity index (χ3n) is 1.06. The number of halogens is 7. The second kappa shape index (κ2) is 2.99. The number of nitrogens with zero attached hydrogens (tertiary/aromatic N) is 2. The maximum absolute atomic E-state index is 12.2. The van der Waals surface area contributed by atoms with Crippen LogP contribution in [0.1, 0.15) is 0 Å². The largest absolute Gasteiger partial charge is 0.442 e. The molecule has 2 nitrogen and oxygen atoms in total. The molecule has 0 radical (unpaired) electrons. The summed E-state index contributed by atoms with van der Waals surface area (Å²) in [5.41, 5.74) is 1.84. The summed E-state index contributed by atoms with van der Waals surface area (Å²) in [6, 6.07) is 0. The highest BCUT2D eigenvalue weighted by molar-refractivity contribution is 5.66. The van der Waals surface area contributed by atoms with E-state index in [0.717, 1.165) is 0 Å². The number of hydrogen-bond donors (Lipinski definition) is 0. The van der Waals surface area contributed by atoms with Crippen molar-refractivity contribution < 1.29 is 35.5 Å². The van der Waals surface area contributed by atoms with Gasteiger partial charge in [-0.3, -0.25) is 0 Å². The average molecular weight is 210 g/mol. The Bertz CT molecular complexity index is 218. The van der Waals surface area contributed by atoms with Crippen molar-refractivity contribution in [2.24, 2.45) is 0 Å². The van der Waals surface area contributed by atoms with Crippen LogP contribution in [0.5, 0.6) is 0 Å². The van der Waals surface area contributed by atoms with Gasteiger partial charge >= 0.3 is 24.2 Å². The van der Waals surface area contributed by atoms with E-state index in [1.807, 2.05) is 0 Å². The zero-order valence-corrected chi connectivity index (χ0v) is 5.62. The van der Waals surface area contributed by atoms with Crippen molar-refractivity contribution in [2.75, 3.05) is 0 Å². The Hall–Kier alpha value is -1.11. The van der Waals surface area contributed by atoms with Gasteiger partial charge in [0.2, 0.25) is 0 Å². The predicted molar refractivity (Wildman–Crippen MR) is 25.6 cm³/mol. The van der Waals surface area contributed by atoms with E-state index in [-0.39, 0.29) is 0 Å². The molecule has 76 valence electrons. The van der Waals surface area contributed by atoms with Gasteiger partial charge in [0.05, 0.1) is 0 Å². The van der Waals surface area contributed by atoms with Crippen LogP contribution >= 0.6 is 0 Å². The predicted octanol–water partition coefficient (Wildman–Crippen LogP) is 2.12. The molecule has 0 amide bonds. The topological polar surface area (TPSA) is 36.4 Å². The van der Waals surface area contributed by atoms with Crippen molar-refractivity contribution in [3.05, 3.63) is 5.53 Å². The van der Waals surface area contributed by atoms with E-state index < -0.39 is 24.2 Å². The third kappa shape index (κ3) is 1.97. The first-order chi connectivity index (χ1) is 5.56. The standard InChI is InChI=1S/C4HF7N2/c5-2(1-13-12,3(6,7)8)4(9,10)11/h1H. The number of rotatable bonds is 1. The summed E-state index contributed by atoms with van der Waals surface area (Å²) in [6.45, 7) is 0. The SMILES string of the molecule is [N-]=[N+]=CC(F)(C(F)(F)F)C(F)(F)F. The van der Waals surface area contributed by atoms with Crippen molar-refractivity contribution in [3.8, 4) is 0 Å². The lowest BCUT2D eigenvalue weighted by Gasteiger charge is -2.22. The van der Waals surface area contributed by atoms with E-state index in [1.165, 1.54) is 4.79 Å². The van der Waals surface area contributed by atoms with Gasteiger partial charge in [0.15, 0.2) is 0 Å². The highest BCUT2D eigenvalue weighted by Gasteiger charge is 2.75. The minimum Gasteiger partial charge on any atom is -0.362 e. The number of alkyl halides is 7. The van der Waals surface area contributed by atoms with Gasteiger partial charge in [-0.05, 0) is 0 Å². The van der Waals surface area contributed by atoms with Gasteiger partial charge in [0.25, 0.3) is 0 Å². The lowest BCUT2D eigenvalue weighted by Crippen LogP contribution is -2.54. The van der Waals surface area contributed by atoms with E-state index in [2.05, 4.69) is 0 Å². The Balaban J connectivity index is 5.33. The Morgan fingerprint density at radius 1 is 0.846 bits per heavy atom. The molecule has 0 spiro atoms. The van der Waals surface area contributed by atoms with E-state index in [9.17, 15) is 30.7 Å². The first-order valence-electron chi connectivity index (χ1n) is 2.57. The van der Waals surface area contributed by atoms with Crippen LogP contribution in [-0.2, 0) is 0 Å². The molecule has 0 saturated carbocycles. The molecule has 0 aromatic rings. The molecule has 0 aliphatic heterocycles. The molecule has 0 bridgehead atoms. The fourth-order valence-corrected chi connectivity index (χ4v) is 0.387. The van der Waals surface area contributed by atoms with E-state index in [0.29, 0.717) is 0 Å². The smallest absolute Gasteiger partial charge is 0.362 e. The van der Waals surface area contributed by atoms with Crippen LogP contribution < -0.4 is 0 Å². The lowest BCUT2D eigenvalue weighted by atomic mass is 10.1. The molecule has 0 fully saturated rings. The summed E-state index contributed by atoms with van der Waals surface area (Å²) < 4.78 is 81.2. The molecule has 0 heterocycles. The first-order valence-corrected chi connectivity index (χ1v) is 2.57. The zero-order valence-electron chi connectivity index (χ0n) is 5.62. The van der Waals surface area contributed by atoms with Crippen molar-refractivity contribution >= 4 is 6.21 Å². The summed E-state index contributed by atoms with van der Waals surface area (Å²) in [6.07, 6.45) is -13.7. The Kier molecular flexibility index (Phi) is 2.73. The minimum absolute atomic E-state index is 1.26. The Morgan fingerprint density at radius 3 is 1.23 bits per heavy atom. The molecule has 13 heavy (non-hydrogen) atoms. The molecule has 0 saturated heterocycles. The van der Waals surface area contributed by atoms with Gasteiger partial charge in [-0.1, -0.05) is 0 Å². The zero-order chi connectivity index (χ0) is 10.9. The molecule has 0 rings (SSSR count). The fourth-order valence-electron chi connectivity index (χ4n) is 0.387. The third-order valence-corrected chi connectivity index (χ3v) is 1.06. The molecular weight excluding hydrogens is 209 g/mol. The Morgan fingerprint density at radius 2 is 1.15 bits per heavy atom. The molecule has 0 aromatic carbocycles. The number of hydrogen-bond acceptors (Lipinski definition) is 0. The summed E-state index contributed by atoms with van der Waals surface area (Å²) in [5, 5.41) is 0. The molecule has 0 aliphatic carbocycles. The van der Waals surface area contributed by atoms with Crippen LogP contribution in [0.2, 0.25) is 0 Å². The summed E-state index contributed by atoms with van der Waals surface area (Å²) in [7, 11) is 0. The van der Waals surface area contributed by atoms with Gasteiger partial charge in [-0.15, -0.1) is 0 Å². The lowest BCUT2D eigenvalue weighted by molar-refractivity contribution is -0.317. The highest BCUT2D eigenvalue weighted by atomic mass is 19.4. The quantitative estimate of drug-likeness (QED) is 0.275. The van der Waals surface area contributed by atoms with Crippen LogP contribution in [-0.4, -0.2) is 29.0 Å². The Labute approximate surface area is 66.6 Å². The second-order valence-corrected chi connectivity index (χ2v) is 1.95. The average Bonchev–Trinajstić information content (AvgIpc) is 1.82. The van der Waals surface area contributed by atoms with Gasteiger partial charge in [0, 0.05) is 0 Å². The maximum atomic E-state index is 12.2. The summed E-state index contributed by atoms with van der Waals surface area (Å²) in [5.74, 6) is 0. The molecular formula is C4HF7N2. The fraction of sp³-hybridized carbons (Fsp3) is 0.750. The van der Waals surface area contributed by atoms with Crippen LogP contribution in [0.4, 0.5) is 30.7 Å². The van der Waals surface area contributed by atoms with Gasteiger partial charge in [-0.25, -0.2) is 4.39 Å². The molecule has 9 heteroatoms. The van der Waals surface area contributed by atoms with Crippen molar-refractivity contribution in [1.29, 1.82) is 0 Å². The van der Waals surface area contributed by atoms with E-state index in [4.69, 9.17) is 5.53 Å². The van der Waals surface area contributed by atoms with E-state index in [1.54, 1.807) is 0 Å². The minimum atomic E-state index is -6.21. The molecule has 0 atom stereocenters. The molecule has 0 aromatic heterocycles. The normalized spacial score (nSPS) is 13.8. The molecule has 0 aliphatic rings. The highest BCUT2D eigenvalue weighted by Crippen LogP contribution is 2.44. The van der Waals surface area contributed by atoms with Crippen LogP contribution in [0, 0.1) is 0 Å². The van der Waals surface area contributed by atoms with E-state index >= 15 is 0 Å². The van der Waals surface area contributed by atoms with Gasteiger partial charge in [0.1, 0.15) is 0 Å². The first kappa shape index (κ1) is 11.9. The van der Waals surface area contributed by atoms with Crippen LogP contribution in [0.25, 0.3) is 5.53 Å². The molecule has 0 unspecified atom stereocenters.